The van der Waals surface area contributed by atoms with E-state index in [1.54, 1.807) is 7.11 Å². The third-order valence-electron chi connectivity index (χ3n) is 0.755. The van der Waals surface area contributed by atoms with Crippen molar-refractivity contribution in [2.24, 2.45) is 0 Å². The molecule has 0 radical (unpaired) electrons. The minimum atomic E-state index is 0. The van der Waals surface area contributed by atoms with Crippen molar-refractivity contribution in [1.29, 1.82) is 0 Å². The molecule has 1 saturated heterocycles. The fourth-order valence-electron chi connectivity index (χ4n) is 0.350. The molecule has 1 rings (SSSR count). The van der Waals surface area contributed by atoms with Crippen LogP contribution >= 0.6 is 0 Å². The minimum Gasteiger partial charge on any atom is -0.382 e. The number of ether oxygens (including phenoxy) is 2. The maximum atomic E-state index is 4.82. The van der Waals surface area contributed by atoms with Crippen LogP contribution in [0.5, 0.6) is 0 Å². The average molecular weight is 103 g/mol. The lowest BCUT2D eigenvalue weighted by Crippen LogP contribution is -1.94. The first-order chi connectivity index (χ1) is 2.93. The Morgan fingerprint density at radius 3 is 2.57 bits per heavy atom. The third kappa shape index (κ3) is 2.60. The number of epoxide rings is 1. The second kappa shape index (κ2) is 2.99. The first-order valence-corrected chi connectivity index (χ1v) is 2.04. The van der Waals surface area contributed by atoms with Gasteiger partial charge in [0.05, 0.1) is 13.2 Å². The SMILES string of the molecule is COCC1CO1.[CH3-]. The van der Waals surface area contributed by atoms with E-state index in [0.29, 0.717) is 6.10 Å². The van der Waals surface area contributed by atoms with Gasteiger partial charge >= 0.3 is 0 Å². The van der Waals surface area contributed by atoms with Crippen LogP contribution in [0.4, 0.5) is 0 Å². The lowest BCUT2D eigenvalue weighted by molar-refractivity contribution is 0.171. The van der Waals surface area contributed by atoms with E-state index in [0.717, 1.165) is 13.2 Å². The van der Waals surface area contributed by atoms with Crippen molar-refractivity contribution < 1.29 is 9.47 Å². The summed E-state index contributed by atoms with van der Waals surface area (Å²) < 4.78 is 9.56. The zero-order valence-corrected chi connectivity index (χ0v) is 4.81. The van der Waals surface area contributed by atoms with Crippen molar-refractivity contribution in [2.45, 2.75) is 6.10 Å². The molecular weight excluding hydrogens is 92.1 g/mol. The summed E-state index contributed by atoms with van der Waals surface area (Å²) in [5.41, 5.74) is 0. The molecule has 0 saturated carbocycles. The van der Waals surface area contributed by atoms with Gasteiger partial charge in [0.15, 0.2) is 0 Å². The van der Waals surface area contributed by atoms with Crippen LogP contribution in [0.3, 0.4) is 0 Å². The number of methoxy groups -OCH3 is 1. The van der Waals surface area contributed by atoms with Gasteiger partial charge in [-0.25, -0.2) is 0 Å². The van der Waals surface area contributed by atoms with Gasteiger partial charge in [-0.05, 0) is 0 Å². The molecule has 1 atom stereocenters. The van der Waals surface area contributed by atoms with E-state index in [1.165, 1.54) is 0 Å². The van der Waals surface area contributed by atoms with Gasteiger partial charge in [0, 0.05) is 7.11 Å². The summed E-state index contributed by atoms with van der Waals surface area (Å²) in [6.07, 6.45) is 0.426. The summed E-state index contributed by atoms with van der Waals surface area (Å²) in [6, 6.07) is 0. The third-order valence-corrected chi connectivity index (χ3v) is 0.755. The summed E-state index contributed by atoms with van der Waals surface area (Å²) in [7, 11) is 1.68. The Bertz CT molecular complexity index is 41.3. The van der Waals surface area contributed by atoms with Crippen LogP contribution in [0.25, 0.3) is 0 Å². The Morgan fingerprint density at radius 1 is 1.86 bits per heavy atom. The number of hydrogen-bond acceptors (Lipinski definition) is 2. The molecule has 0 spiro atoms. The maximum Gasteiger partial charge on any atom is 0.104 e. The van der Waals surface area contributed by atoms with Crippen LogP contribution < -0.4 is 0 Å². The number of hydrogen-bond donors (Lipinski definition) is 0. The predicted octanol–water partition coefficient (Wildman–Crippen LogP) is 0.482. The summed E-state index contributed by atoms with van der Waals surface area (Å²) >= 11 is 0. The standard InChI is InChI=1S/C4H8O2.CH3/c1-5-2-4-3-6-4;/h4H,2-3H2,1H3;1H3/q;-1. The highest BCUT2D eigenvalue weighted by Crippen LogP contribution is 2.06. The van der Waals surface area contributed by atoms with Crippen LogP contribution in [0.15, 0.2) is 0 Å². The van der Waals surface area contributed by atoms with E-state index < -0.39 is 0 Å². The molecule has 1 aliphatic heterocycles. The van der Waals surface area contributed by atoms with E-state index in [4.69, 9.17) is 9.47 Å². The summed E-state index contributed by atoms with van der Waals surface area (Å²) in [6.45, 7) is 1.66. The molecule has 0 aromatic carbocycles. The lowest BCUT2D eigenvalue weighted by atomic mass is 10.5. The van der Waals surface area contributed by atoms with Crippen LogP contribution in [-0.4, -0.2) is 26.4 Å². The van der Waals surface area contributed by atoms with Crippen LogP contribution in [0.2, 0.25) is 0 Å². The summed E-state index contributed by atoms with van der Waals surface area (Å²) in [4.78, 5) is 0. The zero-order valence-electron chi connectivity index (χ0n) is 4.81. The molecule has 0 aliphatic carbocycles. The highest BCUT2D eigenvalue weighted by atomic mass is 16.6. The Kier molecular flexibility index (Phi) is 2.96. The quantitative estimate of drug-likeness (QED) is 0.374. The topological polar surface area (TPSA) is 21.8 Å². The molecule has 0 bridgehead atoms. The van der Waals surface area contributed by atoms with Gasteiger partial charge in [-0.1, -0.05) is 0 Å². The molecular formula is C5H11O2-. The van der Waals surface area contributed by atoms with Crippen LogP contribution in [0, 0.1) is 7.43 Å². The molecule has 2 heteroatoms. The Hall–Kier alpha value is -0.0800. The fourth-order valence-corrected chi connectivity index (χ4v) is 0.350. The van der Waals surface area contributed by atoms with Gasteiger partial charge in [0.25, 0.3) is 0 Å². The van der Waals surface area contributed by atoms with Crippen molar-refractivity contribution in [3.8, 4) is 0 Å². The highest BCUT2D eigenvalue weighted by Gasteiger charge is 2.21. The van der Waals surface area contributed by atoms with E-state index in [2.05, 4.69) is 0 Å². The molecule has 1 aliphatic rings. The smallest absolute Gasteiger partial charge is 0.104 e. The molecule has 0 aromatic rings. The predicted molar refractivity (Wildman–Crippen MR) is 28.0 cm³/mol. The van der Waals surface area contributed by atoms with Gasteiger partial charge in [-0.2, -0.15) is 0 Å². The van der Waals surface area contributed by atoms with Crippen molar-refractivity contribution in [3.05, 3.63) is 7.43 Å². The fraction of sp³-hybridized carbons (Fsp3) is 0.800. The zero-order chi connectivity index (χ0) is 4.41. The molecule has 7 heavy (non-hydrogen) atoms. The van der Waals surface area contributed by atoms with Crippen molar-refractivity contribution in [3.63, 3.8) is 0 Å². The summed E-state index contributed by atoms with van der Waals surface area (Å²) in [5, 5.41) is 0. The Labute approximate surface area is 44.4 Å². The molecule has 0 amide bonds. The molecule has 44 valence electrons. The largest absolute Gasteiger partial charge is 0.382 e. The van der Waals surface area contributed by atoms with E-state index >= 15 is 0 Å². The molecule has 1 unspecified atom stereocenters. The van der Waals surface area contributed by atoms with Crippen molar-refractivity contribution in [1.82, 2.24) is 0 Å². The Balaban J connectivity index is 0.000000360. The van der Waals surface area contributed by atoms with Gasteiger partial charge < -0.3 is 16.9 Å². The van der Waals surface area contributed by atoms with E-state index in [-0.39, 0.29) is 7.43 Å². The summed E-state index contributed by atoms with van der Waals surface area (Å²) in [5.74, 6) is 0. The van der Waals surface area contributed by atoms with Crippen LogP contribution in [-0.2, 0) is 9.47 Å². The first-order valence-electron chi connectivity index (χ1n) is 2.04. The van der Waals surface area contributed by atoms with Crippen molar-refractivity contribution in [2.75, 3.05) is 20.3 Å². The van der Waals surface area contributed by atoms with E-state index in [9.17, 15) is 0 Å². The normalized spacial score (nSPS) is 26.1. The van der Waals surface area contributed by atoms with Gasteiger partial charge in [-0.3, -0.25) is 0 Å². The maximum absolute atomic E-state index is 4.82. The van der Waals surface area contributed by atoms with Gasteiger partial charge in [0.1, 0.15) is 6.10 Å². The molecule has 1 fully saturated rings. The monoisotopic (exact) mass is 103 g/mol. The van der Waals surface area contributed by atoms with Gasteiger partial charge in [0.2, 0.25) is 0 Å². The molecule has 0 aromatic heterocycles. The average Bonchev–Trinajstić information content (AvgIpc) is 2.21. The van der Waals surface area contributed by atoms with E-state index in [1.807, 2.05) is 0 Å². The molecule has 0 N–H and O–H groups in total. The van der Waals surface area contributed by atoms with Crippen LogP contribution in [0.1, 0.15) is 0 Å². The molecule has 2 nitrogen and oxygen atoms in total. The van der Waals surface area contributed by atoms with Crippen molar-refractivity contribution >= 4 is 0 Å². The molecule has 1 heterocycles. The lowest BCUT2D eigenvalue weighted by Gasteiger charge is -1.84. The Morgan fingerprint density at radius 2 is 2.43 bits per heavy atom. The number of rotatable bonds is 2. The first kappa shape index (κ1) is 6.92. The second-order valence-corrected chi connectivity index (χ2v) is 1.41. The second-order valence-electron chi connectivity index (χ2n) is 1.41. The minimum absolute atomic E-state index is 0. The highest BCUT2D eigenvalue weighted by molar-refractivity contribution is 4.66. The van der Waals surface area contributed by atoms with Gasteiger partial charge in [-0.15, -0.1) is 0 Å².